The van der Waals surface area contributed by atoms with Crippen molar-refractivity contribution in [1.29, 1.82) is 0 Å². The Labute approximate surface area is 136 Å². The molecule has 0 aliphatic rings. The molecule has 114 valence electrons. The molecule has 0 heterocycles. The molecule has 0 saturated carbocycles. The van der Waals surface area contributed by atoms with Crippen LogP contribution in [0.2, 0.25) is 15.1 Å². The Kier molecular flexibility index (Phi) is 6.46. The van der Waals surface area contributed by atoms with Crippen molar-refractivity contribution in [1.82, 2.24) is 5.32 Å². The van der Waals surface area contributed by atoms with E-state index in [2.05, 4.69) is 39.9 Å². The third-order valence-corrected chi connectivity index (χ3v) is 3.85. The van der Waals surface area contributed by atoms with E-state index in [0.29, 0.717) is 26.7 Å². The van der Waals surface area contributed by atoms with Crippen LogP contribution in [0, 0.1) is 5.92 Å². The molecule has 1 aromatic rings. The highest BCUT2D eigenvalue weighted by atomic mass is 35.5. The van der Waals surface area contributed by atoms with Crippen LogP contribution >= 0.6 is 34.8 Å². The zero-order valence-electron chi connectivity index (χ0n) is 12.6. The summed E-state index contributed by atoms with van der Waals surface area (Å²) in [6, 6.07) is 3.27. The molecular formula is C15H22Cl3NO. The summed E-state index contributed by atoms with van der Waals surface area (Å²) in [5, 5.41) is 4.79. The van der Waals surface area contributed by atoms with E-state index < -0.39 is 0 Å². The predicted octanol–water partition coefficient (Wildman–Crippen LogP) is 5.44. The van der Waals surface area contributed by atoms with Gasteiger partial charge in [0.2, 0.25) is 0 Å². The molecule has 0 radical (unpaired) electrons. The Morgan fingerprint density at radius 1 is 1.05 bits per heavy atom. The molecule has 0 aromatic heterocycles. The molecule has 0 bridgehead atoms. The highest BCUT2D eigenvalue weighted by molar-refractivity contribution is 6.43. The molecular weight excluding hydrogens is 317 g/mol. The molecule has 1 N–H and O–H groups in total. The number of halogens is 3. The molecule has 20 heavy (non-hydrogen) atoms. The van der Waals surface area contributed by atoms with Gasteiger partial charge in [0.25, 0.3) is 0 Å². The smallest absolute Gasteiger partial charge is 0.139 e. The zero-order valence-corrected chi connectivity index (χ0v) is 14.8. The second kappa shape index (κ2) is 7.22. The van der Waals surface area contributed by atoms with Crippen LogP contribution in [0.5, 0.6) is 5.75 Å². The first-order chi connectivity index (χ1) is 9.10. The van der Waals surface area contributed by atoms with Gasteiger partial charge in [0.15, 0.2) is 0 Å². The highest BCUT2D eigenvalue weighted by Gasteiger charge is 2.20. The molecule has 0 aliphatic carbocycles. The minimum atomic E-state index is 0.00367. The van der Waals surface area contributed by atoms with E-state index in [1.165, 1.54) is 0 Å². The third-order valence-electron chi connectivity index (χ3n) is 2.83. The van der Waals surface area contributed by atoms with Gasteiger partial charge in [-0.1, -0.05) is 48.7 Å². The summed E-state index contributed by atoms with van der Waals surface area (Å²) in [4.78, 5) is 0. The zero-order chi connectivity index (χ0) is 15.5. The first-order valence-electron chi connectivity index (χ1n) is 6.66. The average molecular weight is 339 g/mol. The highest BCUT2D eigenvalue weighted by Crippen LogP contribution is 2.34. The molecule has 1 rings (SSSR count). The SMILES string of the molecule is CC(C)C(CNC(C)(C)C)Oc1cc(Cl)c(Cl)cc1Cl. The first-order valence-corrected chi connectivity index (χ1v) is 7.80. The van der Waals surface area contributed by atoms with Crippen LogP contribution in [0.15, 0.2) is 12.1 Å². The topological polar surface area (TPSA) is 21.3 Å². The van der Waals surface area contributed by atoms with E-state index in [1.807, 2.05) is 0 Å². The number of hydrogen-bond acceptors (Lipinski definition) is 2. The summed E-state index contributed by atoms with van der Waals surface area (Å²) in [7, 11) is 0. The second-order valence-corrected chi connectivity index (χ2v) is 7.45. The van der Waals surface area contributed by atoms with Crippen molar-refractivity contribution in [2.45, 2.75) is 46.3 Å². The van der Waals surface area contributed by atoms with Crippen LogP contribution in [-0.2, 0) is 0 Å². The van der Waals surface area contributed by atoms with Crippen molar-refractivity contribution in [3.63, 3.8) is 0 Å². The first kappa shape index (κ1) is 17.9. The molecule has 0 saturated heterocycles. The van der Waals surface area contributed by atoms with Gasteiger partial charge in [0.05, 0.1) is 15.1 Å². The van der Waals surface area contributed by atoms with Gasteiger partial charge < -0.3 is 10.1 Å². The lowest BCUT2D eigenvalue weighted by atomic mass is 10.0. The monoisotopic (exact) mass is 337 g/mol. The molecule has 0 amide bonds. The average Bonchev–Trinajstić information content (AvgIpc) is 2.29. The number of benzene rings is 1. The fraction of sp³-hybridized carbons (Fsp3) is 0.600. The Hall–Kier alpha value is -0.150. The predicted molar refractivity (Wildman–Crippen MR) is 88.5 cm³/mol. The van der Waals surface area contributed by atoms with Crippen molar-refractivity contribution >= 4 is 34.8 Å². The van der Waals surface area contributed by atoms with Gasteiger partial charge in [-0.25, -0.2) is 0 Å². The Bertz CT molecular complexity index is 455. The van der Waals surface area contributed by atoms with Crippen LogP contribution in [0.25, 0.3) is 0 Å². The molecule has 1 atom stereocenters. The van der Waals surface area contributed by atoms with E-state index in [-0.39, 0.29) is 11.6 Å². The Morgan fingerprint density at radius 2 is 1.60 bits per heavy atom. The Balaban J connectivity index is 2.83. The summed E-state index contributed by atoms with van der Waals surface area (Å²) in [5.41, 5.74) is 0.0396. The number of hydrogen-bond donors (Lipinski definition) is 1. The summed E-state index contributed by atoms with van der Waals surface area (Å²) in [5.74, 6) is 0.908. The lowest BCUT2D eigenvalue weighted by molar-refractivity contribution is 0.140. The number of rotatable bonds is 5. The maximum Gasteiger partial charge on any atom is 0.139 e. The number of ether oxygens (including phenoxy) is 1. The second-order valence-electron chi connectivity index (χ2n) is 6.23. The van der Waals surface area contributed by atoms with E-state index in [4.69, 9.17) is 39.5 Å². The van der Waals surface area contributed by atoms with Crippen molar-refractivity contribution < 1.29 is 4.74 Å². The summed E-state index contributed by atoms with van der Waals surface area (Å²) in [6.07, 6.45) is 0.00367. The van der Waals surface area contributed by atoms with Gasteiger partial charge in [0.1, 0.15) is 11.9 Å². The van der Waals surface area contributed by atoms with Crippen LogP contribution in [0.3, 0.4) is 0 Å². The molecule has 1 unspecified atom stereocenters. The van der Waals surface area contributed by atoms with Gasteiger partial charge in [0, 0.05) is 18.2 Å². The molecule has 0 spiro atoms. The van der Waals surface area contributed by atoms with Gasteiger partial charge in [-0.3, -0.25) is 0 Å². The maximum atomic E-state index is 6.15. The molecule has 0 fully saturated rings. The molecule has 2 nitrogen and oxygen atoms in total. The van der Waals surface area contributed by atoms with Crippen molar-refractivity contribution in [3.8, 4) is 5.75 Å². The number of nitrogens with one attached hydrogen (secondary N) is 1. The van der Waals surface area contributed by atoms with Gasteiger partial charge in [-0.05, 0) is 32.8 Å². The van der Waals surface area contributed by atoms with Crippen molar-refractivity contribution in [2.75, 3.05) is 6.54 Å². The van der Waals surface area contributed by atoms with E-state index in [1.54, 1.807) is 12.1 Å². The lowest BCUT2D eigenvalue weighted by Crippen LogP contribution is -2.44. The summed E-state index contributed by atoms with van der Waals surface area (Å²) < 4.78 is 6.00. The fourth-order valence-corrected chi connectivity index (χ4v) is 2.16. The van der Waals surface area contributed by atoms with Crippen LogP contribution < -0.4 is 10.1 Å². The molecule has 0 aliphatic heterocycles. The summed E-state index contributed by atoms with van der Waals surface area (Å²) >= 11 is 18.1. The van der Waals surface area contributed by atoms with E-state index in [9.17, 15) is 0 Å². The van der Waals surface area contributed by atoms with E-state index in [0.717, 1.165) is 6.54 Å². The molecule has 5 heteroatoms. The maximum absolute atomic E-state index is 6.15. The van der Waals surface area contributed by atoms with Crippen molar-refractivity contribution in [3.05, 3.63) is 27.2 Å². The minimum absolute atomic E-state index is 0.00367. The Morgan fingerprint density at radius 3 is 2.10 bits per heavy atom. The normalized spacial score (nSPS) is 13.7. The van der Waals surface area contributed by atoms with Gasteiger partial charge in [-0.2, -0.15) is 0 Å². The third kappa shape index (κ3) is 5.69. The van der Waals surface area contributed by atoms with Crippen LogP contribution in [0.4, 0.5) is 0 Å². The van der Waals surface area contributed by atoms with E-state index >= 15 is 0 Å². The fourth-order valence-electron chi connectivity index (χ4n) is 1.58. The van der Waals surface area contributed by atoms with Crippen LogP contribution in [0.1, 0.15) is 34.6 Å². The largest absolute Gasteiger partial charge is 0.487 e. The van der Waals surface area contributed by atoms with Gasteiger partial charge in [-0.15, -0.1) is 0 Å². The van der Waals surface area contributed by atoms with Crippen molar-refractivity contribution in [2.24, 2.45) is 5.92 Å². The minimum Gasteiger partial charge on any atom is -0.487 e. The molecule has 1 aromatic carbocycles. The summed E-state index contributed by atoms with van der Waals surface area (Å²) in [6.45, 7) is 11.3. The lowest BCUT2D eigenvalue weighted by Gasteiger charge is -2.28. The standard InChI is InChI=1S/C15H22Cl3NO/c1-9(2)14(8-19-15(3,4)5)20-13-7-11(17)10(16)6-12(13)18/h6-7,9,14,19H,8H2,1-5H3. The quantitative estimate of drug-likeness (QED) is 0.722. The van der Waals surface area contributed by atoms with Gasteiger partial charge >= 0.3 is 0 Å². The van der Waals surface area contributed by atoms with Crippen LogP contribution in [-0.4, -0.2) is 18.2 Å².